The van der Waals surface area contributed by atoms with E-state index < -0.39 is 11.7 Å². The molecule has 0 aliphatic carbocycles. The quantitative estimate of drug-likeness (QED) is 0.355. The van der Waals surface area contributed by atoms with E-state index in [1.54, 1.807) is 34.1 Å². The molecule has 194 valence electrons. The first kappa shape index (κ1) is 27.6. The molecule has 36 heavy (non-hydrogen) atoms. The summed E-state index contributed by atoms with van der Waals surface area (Å²) in [4.78, 5) is 28.8. The lowest BCUT2D eigenvalue weighted by atomic mass is 9.96. The van der Waals surface area contributed by atoms with Crippen molar-refractivity contribution in [3.63, 3.8) is 0 Å². The van der Waals surface area contributed by atoms with E-state index in [9.17, 15) is 9.59 Å². The van der Waals surface area contributed by atoms with Crippen LogP contribution in [-0.4, -0.2) is 52.4 Å². The zero-order chi connectivity index (χ0) is 26.3. The highest BCUT2D eigenvalue weighted by Crippen LogP contribution is 2.33. The van der Waals surface area contributed by atoms with Crippen LogP contribution >= 0.6 is 15.9 Å². The van der Waals surface area contributed by atoms with E-state index in [1.807, 2.05) is 16.8 Å². The van der Waals surface area contributed by atoms with Gasteiger partial charge in [0.2, 0.25) is 5.91 Å². The van der Waals surface area contributed by atoms with Gasteiger partial charge in [-0.3, -0.25) is 9.78 Å². The van der Waals surface area contributed by atoms with Gasteiger partial charge in [0.1, 0.15) is 5.60 Å². The molecule has 0 aromatic carbocycles. The smallest absolute Gasteiger partial charge is 0.407 e. The average molecular weight is 560 g/mol. The number of nitrogens with one attached hydrogen (secondary N) is 2. The summed E-state index contributed by atoms with van der Waals surface area (Å²) in [7, 11) is 1.64. The number of pyridine rings is 1. The third kappa shape index (κ3) is 7.27. The Morgan fingerprint density at radius 1 is 1.14 bits per heavy atom. The molecule has 0 radical (unpaired) electrons. The molecule has 9 nitrogen and oxygen atoms in total. The first-order chi connectivity index (χ1) is 17.1. The van der Waals surface area contributed by atoms with E-state index >= 15 is 0 Å². The number of aromatic nitrogens is 3. The van der Waals surface area contributed by atoms with Gasteiger partial charge in [-0.2, -0.15) is 5.10 Å². The van der Waals surface area contributed by atoms with Crippen LogP contribution in [0.4, 0.5) is 4.79 Å². The van der Waals surface area contributed by atoms with Crippen LogP contribution in [0.25, 0.3) is 16.6 Å². The van der Waals surface area contributed by atoms with Crippen molar-refractivity contribution in [1.29, 1.82) is 0 Å². The minimum absolute atomic E-state index is 0.118. The van der Waals surface area contributed by atoms with Crippen LogP contribution in [-0.2, 0) is 33.7 Å². The first-order valence-corrected chi connectivity index (χ1v) is 12.8. The Labute approximate surface area is 220 Å². The maximum Gasteiger partial charge on any atom is 0.407 e. The summed E-state index contributed by atoms with van der Waals surface area (Å²) in [5.41, 5.74) is 5.15. The summed E-state index contributed by atoms with van der Waals surface area (Å²) in [6.07, 6.45) is 4.63. The zero-order valence-electron chi connectivity index (χ0n) is 21.5. The monoisotopic (exact) mass is 559 g/mol. The lowest BCUT2D eigenvalue weighted by Gasteiger charge is -2.19. The number of hydrogen-bond acceptors (Lipinski definition) is 6. The normalized spacial score (nSPS) is 11.5. The molecule has 3 aromatic rings. The van der Waals surface area contributed by atoms with Crippen LogP contribution in [0.2, 0.25) is 0 Å². The first-order valence-electron chi connectivity index (χ1n) is 12.0. The summed E-state index contributed by atoms with van der Waals surface area (Å²) in [6.45, 7) is 8.40. The van der Waals surface area contributed by atoms with Crippen molar-refractivity contribution in [2.24, 2.45) is 0 Å². The van der Waals surface area contributed by atoms with Gasteiger partial charge in [-0.1, -0.05) is 6.92 Å². The fourth-order valence-electron chi connectivity index (χ4n) is 3.93. The SMILES string of the molecule is CCc1ccc2c(-c3cncc(Br)c3)c(CCC(=O)NCCNC(=O)OC(C)(C)C)c(COC)nn12. The topological polar surface area (TPSA) is 107 Å². The molecule has 10 heteroatoms. The minimum atomic E-state index is -0.568. The molecule has 0 spiro atoms. The Morgan fingerprint density at radius 3 is 2.56 bits per heavy atom. The number of hydrogen-bond donors (Lipinski definition) is 2. The standard InChI is InChI=1S/C26H34BrN5O4/c1-6-19-7-9-22-24(17-13-18(27)15-28-14-17)20(21(16-35-5)31-32(19)22)8-10-23(33)29-11-12-30-25(34)36-26(2,3)4/h7,9,13-15H,6,8,10-12,16H2,1-5H3,(H,29,33)(H,30,34). The van der Waals surface area contributed by atoms with Gasteiger partial charge >= 0.3 is 6.09 Å². The zero-order valence-corrected chi connectivity index (χ0v) is 23.1. The van der Waals surface area contributed by atoms with Gasteiger partial charge in [0.15, 0.2) is 0 Å². The maximum absolute atomic E-state index is 12.6. The van der Waals surface area contributed by atoms with Crippen LogP contribution in [0.1, 0.15) is 51.1 Å². The number of nitrogens with zero attached hydrogens (tertiary/aromatic N) is 3. The third-order valence-electron chi connectivity index (χ3n) is 5.42. The predicted octanol–water partition coefficient (Wildman–Crippen LogP) is 4.44. The molecule has 0 unspecified atom stereocenters. The van der Waals surface area contributed by atoms with E-state index in [-0.39, 0.29) is 18.9 Å². The summed E-state index contributed by atoms with van der Waals surface area (Å²) in [6, 6.07) is 6.15. The largest absolute Gasteiger partial charge is 0.444 e. The third-order valence-corrected chi connectivity index (χ3v) is 5.85. The minimum Gasteiger partial charge on any atom is -0.444 e. The van der Waals surface area contributed by atoms with Gasteiger partial charge in [0.25, 0.3) is 0 Å². The van der Waals surface area contributed by atoms with Crippen LogP contribution < -0.4 is 10.6 Å². The fourth-order valence-corrected chi connectivity index (χ4v) is 4.29. The van der Waals surface area contributed by atoms with Gasteiger partial charge in [-0.25, -0.2) is 9.31 Å². The van der Waals surface area contributed by atoms with Crippen molar-refractivity contribution >= 4 is 33.4 Å². The summed E-state index contributed by atoms with van der Waals surface area (Å²) in [5.74, 6) is -0.118. The number of carbonyl (C=O) groups is 2. The average Bonchev–Trinajstić information content (AvgIpc) is 3.21. The summed E-state index contributed by atoms with van der Waals surface area (Å²) >= 11 is 3.53. The number of fused-ring (bicyclic) bond motifs is 1. The molecule has 0 bridgehead atoms. The molecule has 3 rings (SSSR count). The number of ether oxygens (including phenoxy) is 2. The second-order valence-corrected chi connectivity index (χ2v) is 10.3. The van der Waals surface area contributed by atoms with Crippen molar-refractivity contribution in [1.82, 2.24) is 25.2 Å². The number of aryl methyl sites for hydroxylation is 1. The Morgan fingerprint density at radius 2 is 1.89 bits per heavy atom. The molecule has 3 aromatic heterocycles. The van der Waals surface area contributed by atoms with Crippen molar-refractivity contribution < 1.29 is 19.1 Å². The molecule has 0 fully saturated rings. The van der Waals surface area contributed by atoms with Crippen molar-refractivity contribution in [3.05, 3.63) is 52.0 Å². The van der Waals surface area contributed by atoms with Crippen LogP contribution in [0.15, 0.2) is 35.1 Å². The van der Waals surface area contributed by atoms with Gasteiger partial charge in [-0.15, -0.1) is 0 Å². The fraction of sp³-hybridized carbons (Fsp3) is 0.462. The highest BCUT2D eigenvalue weighted by molar-refractivity contribution is 9.10. The maximum atomic E-state index is 12.6. The van der Waals surface area contributed by atoms with Crippen LogP contribution in [0.3, 0.4) is 0 Å². The number of rotatable bonds is 10. The molecule has 2 N–H and O–H groups in total. The summed E-state index contributed by atoms with van der Waals surface area (Å²) in [5, 5.41) is 10.4. The van der Waals surface area contributed by atoms with E-state index in [0.717, 1.165) is 44.5 Å². The van der Waals surface area contributed by atoms with Gasteiger partial charge in [-0.05, 0) is 73.3 Å². The molecular weight excluding hydrogens is 526 g/mol. The summed E-state index contributed by atoms with van der Waals surface area (Å²) < 4.78 is 13.5. The second-order valence-electron chi connectivity index (χ2n) is 9.38. The Bertz CT molecular complexity index is 1220. The number of methoxy groups -OCH3 is 1. The van der Waals surface area contributed by atoms with E-state index in [2.05, 4.69) is 50.6 Å². The molecular formula is C26H34BrN5O4. The number of carbonyl (C=O) groups excluding carboxylic acids is 2. The lowest BCUT2D eigenvalue weighted by molar-refractivity contribution is -0.121. The van der Waals surface area contributed by atoms with Gasteiger partial charge in [0.05, 0.1) is 17.8 Å². The molecule has 2 amide bonds. The molecule has 0 atom stereocenters. The molecule has 0 saturated heterocycles. The van der Waals surface area contributed by atoms with E-state index in [1.165, 1.54) is 0 Å². The van der Waals surface area contributed by atoms with E-state index in [4.69, 9.17) is 14.6 Å². The van der Waals surface area contributed by atoms with Crippen LogP contribution in [0.5, 0.6) is 0 Å². The van der Waals surface area contributed by atoms with Gasteiger partial charge in [0, 0.05) is 60.3 Å². The van der Waals surface area contributed by atoms with E-state index in [0.29, 0.717) is 19.6 Å². The van der Waals surface area contributed by atoms with Gasteiger partial charge < -0.3 is 20.1 Å². The number of amides is 2. The molecule has 0 saturated carbocycles. The number of alkyl carbamates (subject to hydrolysis) is 1. The van der Waals surface area contributed by atoms with Crippen molar-refractivity contribution in [2.45, 2.75) is 59.2 Å². The highest BCUT2D eigenvalue weighted by atomic mass is 79.9. The predicted molar refractivity (Wildman–Crippen MR) is 142 cm³/mol. The Kier molecular flexibility index (Phi) is 9.44. The Balaban J connectivity index is 1.79. The lowest BCUT2D eigenvalue weighted by Crippen LogP contribution is -2.37. The second kappa shape index (κ2) is 12.3. The Hall–Kier alpha value is -2.98. The van der Waals surface area contributed by atoms with Crippen molar-refractivity contribution in [3.8, 4) is 11.1 Å². The molecule has 3 heterocycles. The highest BCUT2D eigenvalue weighted by Gasteiger charge is 2.20. The van der Waals surface area contributed by atoms with Crippen LogP contribution in [0, 0.1) is 0 Å². The van der Waals surface area contributed by atoms with Crippen molar-refractivity contribution in [2.75, 3.05) is 20.2 Å². The molecule has 0 aliphatic rings. The number of halogens is 1. The molecule has 0 aliphatic heterocycles.